The van der Waals surface area contributed by atoms with Crippen LogP contribution in [0.4, 0.5) is 0 Å². The number of nitrogens with two attached hydrogens (primary N) is 1. The lowest BCUT2D eigenvalue weighted by molar-refractivity contribution is 0.0931. The van der Waals surface area contributed by atoms with Gasteiger partial charge in [0.2, 0.25) is 5.90 Å². The second kappa shape index (κ2) is 10.6. The molecular weight excluding hydrogens is 386 g/mol. The van der Waals surface area contributed by atoms with Gasteiger partial charge in [0.1, 0.15) is 5.60 Å². The zero-order chi connectivity index (χ0) is 21.4. The van der Waals surface area contributed by atoms with Crippen molar-refractivity contribution in [2.45, 2.75) is 45.6 Å². The monoisotopic (exact) mass is 417 g/mol. The molecule has 1 aromatic carbocycles. The van der Waals surface area contributed by atoms with Crippen molar-refractivity contribution in [3.05, 3.63) is 59.4 Å². The van der Waals surface area contributed by atoms with E-state index in [0.29, 0.717) is 35.4 Å². The third kappa shape index (κ3) is 7.67. The van der Waals surface area contributed by atoms with Crippen LogP contribution in [0, 0.1) is 5.92 Å². The van der Waals surface area contributed by atoms with Crippen molar-refractivity contribution in [3.8, 4) is 0 Å². The van der Waals surface area contributed by atoms with Crippen molar-refractivity contribution in [1.82, 2.24) is 4.90 Å². The second-order valence-electron chi connectivity index (χ2n) is 8.42. The summed E-state index contributed by atoms with van der Waals surface area (Å²) in [7, 11) is 0. The summed E-state index contributed by atoms with van der Waals surface area (Å²) in [6.07, 6.45) is 5.37. The number of rotatable bonds is 7. The van der Waals surface area contributed by atoms with Gasteiger partial charge in [0, 0.05) is 36.5 Å². The molecule has 2 rings (SSSR count). The molecule has 1 fully saturated rings. The highest BCUT2D eigenvalue weighted by Crippen LogP contribution is 2.25. The van der Waals surface area contributed by atoms with Crippen LogP contribution in [0.3, 0.4) is 0 Å². The van der Waals surface area contributed by atoms with Crippen LogP contribution >= 0.6 is 11.6 Å². The summed E-state index contributed by atoms with van der Waals surface area (Å²) in [6, 6.07) is 7.26. The molecule has 6 heteroatoms. The van der Waals surface area contributed by atoms with Crippen LogP contribution in [0.2, 0.25) is 5.02 Å². The van der Waals surface area contributed by atoms with Crippen molar-refractivity contribution in [3.63, 3.8) is 0 Å². The van der Waals surface area contributed by atoms with Gasteiger partial charge in [-0.3, -0.25) is 9.69 Å². The summed E-state index contributed by atoms with van der Waals surface area (Å²) >= 11 is 6.15. The average molecular weight is 418 g/mol. The molecule has 5 nitrogen and oxygen atoms in total. The molecule has 0 aromatic heterocycles. The molecule has 1 heterocycles. The van der Waals surface area contributed by atoms with Crippen molar-refractivity contribution >= 4 is 23.3 Å². The third-order valence-electron chi connectivity index (χ3n) is 4.75. The average Bonchev–Trinajstić information content (AvgIpc) is 2.66. The lowest BCUT2D eigenvalue weighted by Crippen LogP contribution is -2.37. The molecule has 1 aromatic rings. The fourth-order valence-corrected chi connectivity index (χ4v) is 3.58. The number of hydrogen-bond donors (Lipinski definition) is 1. The summed E-state index contributed by atoms with van der Waals surface area (Å²) in [5, 5.41) is 0.531. The molecule has 29 heavy (non-hydrogen) atoms. The Bertz CT molecular complexity index is 773. The van der Waals surface area contributed by atoms with Crippen LogP contribution in [-0.4, -0.2) is 41.8 Å². The van der Waals surface area contributed by atoms with Gasteiger partial charge >= 0.3 is 0 Å². The van der Waals surface area contributed by atoms with Gasteiger partial charge in [0.15, 0.2) is 5.78 Å². The quantitative estimate of drug-likeness (QED) is 0.392. The third-order valence-corrected chi connectivity index (χ3v) is 5.08. The maximum absolute atomic E-state index is 12.6. The molecule has 158 valence electrons. The Morgan fingerprint density at radius 1 is 1.34 bits per heavy atom. The van der Waals surface area contributed by atoms with Crippen LogP contribution < -0.4 is 5.73 Å². The molecule has 0 aliphatic carbocycles. The van der Waals surface area contributed by atoms with Crippen LogP contribution in [-0.2, 0) is 4.74 Å². The molecule has 0 amide bonds. The Labute approximate surface area is 179 Å². The van der Waals surface area contributed by atoms with E-state index >= 15 is 0 Å². The number of piperidine rings is 1. The predicted molar refractivity (Wildman–Crippen MR) is 120 cm³/mol. The first-order valence-electron chi connectivity index (χ1n) is 10.0. The second-order valence-corrected chi connectivity index (χ2v) is 8.83. The van der Waals surface area contributed by atoms with Crippen LogP contribution in [0.5, 0.6) is 0 Å². The molecule has 1 aliphatic heterocycles. The number of aliphatic imine (C=N–C) groups is 1. The van der Waals surface area contributed by atoms with Gasteiger partial charge in [-0.2, -0.15) is 0 Å². The van der Waals surface area contributed by atoms with Crippen LogP contribution in [0.1, 0.15) is 50.4 Å². The van der Waals surface area contributed by atoms with E-state index in [-0.39, 0.29) is 11.4 Å². The first kappa shape index (κ1) is 23.2. The zero-order valence-electron chi connectivity index (χ0n) is 17.7. The number of benzene rings is 1. The standard InChI is InChI=1S/C23H32ClN3O2/c1-17(22(26-12-11-25)29-23(2,3)4)16-27-13-9-18(10-14-27)15-21(28)19-7-5-6-8-20(19)24/h5-8,11-12,18H,1,9-10,13-16,25H2,2-4H3/b12-11-,26-22+. The number of Topliss-reactive ketones (excluding diaryl/α,β-unsaturated/α-hetero) is 1. The van der Waals surface area contributed by atoms with E-state index in [1.807, 2.05) is 32.9 Å². The van der Waals surface area contributed by atoms with Crippen molar-refractivity contribution in [2.24, 2.45) is 16.6 Å². The fraction of sp³-hybridized carbons (Fsp3) is 0.478. The Morgan fingerprint density at radius 3 is 2.59 bits per heavy atom. The van der Waals surface area contributed by atoms with E-state index in [9.17, 15) is 4.79 Å². The number of halogens is 1. The van der Waals surface area contributed by atoms with E-state index in [4.69, 9.17) is 22.1 Å². The molecule has 1 saturated heterocycles. The number of carbonyl (C=O) groups excluding carboxylic acids is 1. The van der Waals surface area contributed by atoms with Gasteiger partial charge in [-0.05, 0) is 64.8 Å². The van der Waals surface area contributed by atoms with Gasteiger partial charge in [-0.15, -0.1) is 0 Å². The number of hydrogen-bond acceptors (Lipinski definition) is 5. The first-order chi connectivity index (χ1) is 13.7. The predicted octanol–water partition coefficient (Wildman–Crippen LogP) is 4.82. The van der Waals surface area contributed by atoms with Crippen molar-refractivity contribution in [2.75, 3.05) is 19.6 Å². The minimum atomic E-state index is -0.365. The maximum atomic E-state index is 12.6. The van der Waals surface area contributed by atoms with Crippen LogP contribution in [0.15, 0.2) is 53.8 Å². The Balaban J connectivity index is 1.87. The topological polar surface area (TPSA) is 67.9 Å². The molecule has 0 bridgehead atoms. The number of carbonyl (C=O) groups is 1. The lowest BCUT2D eigenvalue weighted by atomic mass is 9.89. The SMILES string of the molecule is C=C(CN1CCC(CC(=O)c2ccccc2Cl)CC1)/C(=N\C=C/N)OC(C)(C)C. The minimum absolute atomic E-state index is 0.125. The normalized spacial score (nSPS) is 16.9. The highest BCUT2D eigenvalue weighted by molar-refractivity contribution is 6.33. The molecule has 2 N–H and O–H groups in total. The molecule has 0 radical (unpaired) electrons. The number of nitrogens with zero attached hydrogens (tertiary/aromatic N) is 2. The maximum Gasteiger partial charge on any atom is 0.217 e. The molecule has 0 spiro atoms. The molecule has 1 aliphatic rings. The smallest absolute Gasteiger partial charge is 0.217 e. The van der Waals surface area contributed by atoms with Crippen molar-refractivity contribution < 1.29 is 9.53 Å². The molecule has 0 atom stereocenters. The minimum Gasteiger partial charge on any atom is -0.472 e. The van der Waals surface area contributed by atoms with Gasteiger partial charge in [-0.25, -0.2) is 4.99 Å². The van der Waals surface area contributed by atoms with E-state index in [1.54, 1.807) is 12.1 Å². The van der Waals surface area contributed by atoms with Gasteiger partial charge in [0.25, 0.3) is 0 Å². The highest BCUT2D eigenvalue weighted by atomic mass is 35.5. The highest BCUT2D eigenvalue weighted by Gasteiger charge is 2.25. The van der Waals surface area contributed by atoms with Crippen molar-refractivity contribution in [1.29, 1.82) is 0 Å². The number of ether oxygens (including phenoxy) is 1. The summed E-state index contributed by atoms with van der Waals surface area (Å²) in [6.45, 7) is 12.6. The van der Waals surface area contributed by atoms with Crippen LogP contribution in [0.25, 0.3) is 0 Å². The lowest BCUT2D eigenvalue weighted by Gasteiger charge is -2.33. The molecule has 0 unspecified atom stereocenters. The molecule has 0 saturated carbocycles. The largest absolute Gasteiger partial charge is 0.472 e. The zero-order valence-corrected chi connectivity index (χ0v) is 18.4. The Morgan fingerprint density at radius 2 is 2.00 bits per heavy atom. The number of ketones is 1. The molecular formula is C23H32ClN3O2. The fourth-order valence-electron chi connectivity index (χ4n) is 3.34. The van der Waals surface area contributed by atoms with Gasteiger partial charge in [0.05, 0.1) is 5.02 Å². The van der Waals surface area contributed by atoms with E-state index in [0.717, 1.165) is 31.5 Å². The summed E-state index contributed by atoms with van der Waals surface area (Å²) in [4.78, 5) is 19.2. The first-order valence-corrected chi connectivity index (χ1v) is 10.4. The summed E-state index contributed by atoms with van der Waals surface area (Å²) in [5.41, 5.74) is 6.49. The van der Waals surface area contributed by atoms with E-state index in [2.05, 4.69) is 16.5 Å². The Hall–Kier alpha value is -2.11. The summed E-state index contributed by atoms with van der Waals surface area (Å²) < 4.78 is 5.94. The van der Waals surface area contributed by atoms with E-state index < -0.39 is 0 Å². The van der Waals surface area contributed by atoms with Gasteiger partial charge in [-0.1, -0.05) is 30.3 Å². The number of likely N-dealkylation sites (tertiary alicyclic amines) is 1. The van der Waals surface area contributed by atoms with Gasteiger partial charge < -0.3 is 10.5 Å². The van der Waals surface area contributed by atoms with E-state index in [1.165, 1.54) is 12.4 Å². The summed E-state index contributed by atoms with van der Waals surface area (Å²) in [5.74, 6) is 1.01. The Kier molecular flexibility index (Phi) is 8.47.